The highest BCUT2D eigenvalue weighted by atomic mass is 16.3. The Balaban J connectivity index is 0. The minimum Gasteiger partial charge on any atom is -0.508 e. The molecule has 0 heterocycles. The lowest BCUT2D eigenvalue weighted by atomic mass is 10.3. The average molecular weight is 273 g/mol. The van der Waals surface area contributed by atoms with Crippen molar-refractivity contribution in [2.45, 2.75) is 32.3 Å². The molecule has 0 saturated heterocycles. The Bertz CT molecular complexity index is 249. The highest BCUT2D eigenvalue weighted by Crippen LogP contribution is 2.02. The molecule has 1 rings (SSSR count). The third-order valence-electron chi connectivity index (χ3n) is 1.99. The van der Waals surface area contributed by atoms with E-state index in [-0.39, 0.29) is 13.2 Å². The summed E-state index contributed by atoms with van der Waals surface area (Å²) < 4.78 is 0. The van der Waals surface area contributed by atoms with Gasteiger partial charge in [0.1, 0.15) is 11.9 Å². The molecule has 1 aromatic carbocycles. The second-order valence-electron chi connectivity index (χ2n) is 3.85. The van der Waals surface area contributed by atoms with Gasteiger partial charge in [0.15, 0.2) is 0 Å². The van der Waals surface area contributed by atoms with Gasteiger partial charge in [0.05, 0.1) is 13.2 Å². The topological polar surface area (TPSA) is 107 Å². The number of aliphatic hydroxyl groups is 3. The molecule has 0 saturated carbocycles. The number of aromatic hydroxyl groups is 1. The summed E-state index contributed by atoms with van der Waals surface area (Å²) in [7, 11) is 0. The van der Waals surface area contributed by atoms with Crippen molar-refractivity contribution in [1.82, 2.24) is 0 Å². The standard InChI is InChI=1S/C6H6O.C5H13N.C3H8O3/c7-6-4-2-1-3-5-6;1-2-3-4-5-6;4-1-3(6)2-5/h1-5,7H;2-6H2,1H3;3-6H,1-2H2. The van der Waals surface area contributed by atoms with E-state index in [0.29, 0.717) is 5.75 Å². The van der Waals surface area contributed by atoms with Gasteiger partial charge in [-0.05, 0) is 25.1 Å². The molecular weight excluding hydrogens is 246 g/mol. The summed E-state index contributed by atoms with van der Waals surface area (Å²) in [4.78, 5) is 0. The van der Waals surface area contributed by atoms with E-state index < -0.39 is 6.10 Å². The summed E-state index contributed by atoms with van der Waals surface area (Å²) >= 11 is 0. The quantitative estimate of drug-likeness (QED) is 0.511. The number of phenols is 1. The molecule has 5 heteroatoms. The lowest BCUT2D eigenvalue weighted by Crippen LogP contribution is -2.15. The first-order valence-electron chi connectivity index (χ1n) is 6.46. The maximum absolute atomic E-state index is 8.63. The van der Waals surface area contributed by atoms with Crippen LogP contribution < -0.4 is 5.73 Å². The van der Waals surface area contributed by atoms with Gasteiger partial charge < -0.3 is 26.2 Å². The minimum absolute atomic E-state index is 0.322. The van der Waals surface area contributed by atoms with Crippen LogP contribution in [-0.2, 0) is 0 Å². The van der Waals surface area contributed by atoms with Crippen molar-refractivity contribution < 1.29 is 20.4 Å². The molecule has 112 valence electrons. The van der Waals surface area contributed by atoms with Crippen LogP contribution in [0.2, 0.25) is 0 Å². The Kier molecular flexibility index (Phi) is 17.9. The number of rotatable bonds is 5. The van der Waals surface area contributed by atoms with E-state index in [1.54, 1.807) is 24.3 Å². The predicted octanol–water partition coefficient (Wildman–Crippen LogP) is 0.859. The van der Waals surface area contributed by atoms with Crippen LogP contribution in [0.1, 0.15) is 26.2 Å². The molecule has 0 aliphatic carbocycles. The van der Waals surface area contributed by atoms with Gasteiger partial charge in [0.2, 0.25) is 0 Å². The molecule has 0 unspecified atom stereocenters. The lowest BCUT2D eigenvalue weighted by Gasteiger charge is -1.96. The molecule has 0 aliphatic rings. The fraction of sp³-hybridized carbons (Fsp3) is 0.571. The van der Waals surface area contributed by atoms with Crippen molar-refractivity contribution >= 4 is 0 Å². The SMILES string of the molecule is CCCCCN.OCC(O)CO.Oc1ccccc1. The number of hydrogen-bond donors (Lipinski definition) is 5. The maximum atomic E-state index is 8.63. The van der Waals surface area contributed by atoms with E-state index >= 15 is 0 Å². The van der Waals surface area contributed by atoms with Gasteiger partial charge in [0.25, 0.3) is 0 Å². The molecule has 0 aliphatic heterocycles. The summed E-state index contributed by atoms with van der Waals surface area (Å²) in [6.07, 6.45) is 2.80. The largest absolute Gasteiger partial charge is 0.508 e. The Hall–Kier alpha value is -1.14. The number of para-hydroxylation sites is 1. The zero-order valence-corrected chi connectivity index (χ0v) is 11.6. The van der Waals surface area contributed by atoms with Crippen LogP contribution in [0, 0.1) is 0 Å². The van der Waals surface area contributed by atoms with Crippen LogP contribution in [0.25, 0.3) is 0 Å². The van der Waals surface area contributed by atoms with E-state index in [2.05, 4.69) is 6.92 Å². The molecule has 0 bridgehead atoms. The minimum atomic E-state index is -0.954. The first kappa shape index (κ1) is 20.2. The molecule has 19 heavy (non-hydrogen) atoms. The number of aliphatic hydroxyl groups excluding tert-OH is 3. The smallest absolute Gasteiger partial charge is 0.115 e. The van der Waals surface area contributed by atoms with Crippen LogP contribution in [0.4, 0.5) is 0 Å². The molecule has 0 atom stereocenters. The fourth-order valence-corrected chi connectivity index (χ4v) is 0.880. The number of hydrogen-bond acceptors (Lipinski definition) is 5. The normalized spacial score (nSPS) is 9.16. The summed E-state index contributed by atoms with van der Waals surface area (Å²) in [6, 6.07) is 8.71. The van der Waals surface area contributed by atoms with Gasteiger partial charge in [-0.1, -0.05) is 38.0 Å². The van der Waals surface area contributed by atoms with E-state index in [1.807, 2.05) is 6.07 Å². The molecule has 0 radical (unpaired) electrons. The monoisotopic (exact) mass is 273 g/mol. The summed E-state index contributed by atoms with van der Waals surface area (Å²) in [5, 5.41) is 32.6. The second-order valence-corrected chi connectivity index (χ2v) is 3.85. The molecule has 5 nitrogen and oxygen atoms in total. The van der Waals surface area contributed by atoms with Crippen molar-refractivity contribution in [1.29, 1.82) is 0 Å². The van der Waals surface area contributed by atoms with E-state index in [1.165, 1.54) is 19.3 Å². The highest BCUT2D eigenvalue weighted by molar-refractivity contribution is 5.18. The Labute approximate surface area is 115 Å². The molecule has 0 fully saturated rings. The number of benzene rings is 1. The zero-order chi connectivity index (χ0) is 14.9. The fourth-order valence-electron chi connectivity index (χ4n) is 0.880. The molecule has 1 aromatic rings. The molecule has 6 N–H and O–H groups in total. The van der Waals surface area contributed by atoms with E-state index in [9.17, 15) is 0 Å². The summed E-state index contributed by atoms with van der Waals surface area (Å²) in [5.74, 6) is 0.322. The van der Waals surface area contributed by atoms with Crippen LogP contribution in [0.15, 0.2) is 30.3 Å². The Morgan fingerprint density at radius 3 is 1.74 bits per heavy atom. The second kappa shape index (κ2) is 16.9. The first-order chi connectivity index (χ1) is 9.12. The number of phenolic OH excluding ortho intramolecular Hbond substituents is 1. The molecule has 0 aromatic heterocycles. The average Bonchev–Trinajstić information content (AvgIpc) is 2.46. The molecular formula is C14H27NO4. The summed E-state index contributed by atoms with van der Waals surface area (Å²) in [6.45, 7) is 2.30. The van der Waals surface area contributed by atoms with Crippen molar-refractivity contribution in [3.63, 3.8) is 0 Å². The van der Waals surface area contributed by atoms with E-state index in [4.69, 9.17) is 26.2 Å². The van der Waals surface area contributed by atoms with Crippen LogP contribution in [-0.4, -0.2) is 46.3 Å². The summed E-state index contributed by atoms with van der Waals surface area (Å²) in [5.41, 5.74) is 5.21. The van der Waals surface area contributed by atoms with Crippen LogP contribution >= 0.6 is 0 Å². The van der Waals surface area contributed by atoms with Crippen molar-refractivity contribution in [2.75, 3.05) is 19.8 Å². The van der Waals surface area contributed by atoms with Crippen molar-refractivity contribution in [3.8, 4) is 5.75 Å². The van der Waals surface area contributed by atoms with Gasteiger partial charge in [-0.25, -0.2) is 0 Å². The van der Waals surface area contributed by atoms with Crippen molar-refractivity contribution in [3.05, 3.63) is 30.3 Å². The van der Waals surface area contributed by atoms with Crippen LogP contribution in [0.5, 0.6) is 5.75 Å². The lowest BCUT2D eigenvalue weighted by molar-refractivity contribution is 0.0450. The number of unbranched alkanes of at least 4 members (excludes halogenated alkanes) is 2. The predicted molar refractivity (Wildman–Crippen MR) is 76.9 cm³/mol. The zero-order valence-electron chi connectivity index (χ0n) is 11.6. The highest BCUT2D eigenvalue weighted by Gasteiger charge is 1.93. The first-order valence-corrected chi connectivity index (χ1v) is 6.46. The van der Waals surface area contributed by atoms with Gasteiger partial charge >= 0.3 is 0 Å². The third-order valence-corrected chi connectivity index (χ3v) is 1.99. The van der Waals surface area contributed by atoms with Gasteiger partial charge in [-0.15, -0.1) is 0 Å². The molecule has 0 amide bonds. The van der Waals surface area contributed by atoms with Gasteiger partial charge in [0, 0.05) is 0 Å². The van der Waals surface area contributed by atoms with E-state index in [0.717, 1.165) is 6.54 Å². The Morgan fingerprint density at radius 1 is 1.05 bits per heavy atom. The third kappa shape index (κ3) is 19.4. The van der Waals surface area contributed by atoms with Gasteiger partial charge in [-0.3, -0.25) is 0 Å². The number of nitrogens with two attached hydrogens (primary N) is 1. The van der Waals surface area contributed by atoms with Crippen molar-refractivity contribution in [2.24, 2.45) is 5.73 Å². The van der Waals surface area contributed by atoms with Gasteiger partial charge in [-0.2, -0.15) is 0 Å². The van der Waals surface area contributed by atoms with Crippen LogP contribution in [0.3, 0.4) is 0 Å². The molecule has 0 spiro atoms. The maximum Gasteiger partial charge on any atom is 0.115 e. The Morgan fingerprint density at radius 2 is 1.58 bits per heavy atom.